The van der Waals surface area contributed by atoms with Crippen LogP contribution < -0.4 is 0 Å². The van der Waals surface area contributed by atoms with Gasteiger partial charge in [0, 0.05) is 22.9 Å². The number of esters is 1. The average molecular weight is 554 g/mol. The monoisotopic (exact) mass is 553 g/mol. The molecule has 6 rings (SSSR count). The van der Waals surface area contributed by atoms with Crippen molar-refractivity contribution in [1.29, 1.82) is 0 Å². The molecule has 0 bridgehead atoms. The molecule has 7 nitrogen and oxygen atoms in total. The molecule has 2 unspecified atom stereocenters. The summed E-state index contributed by atoms with van der Waals surface area (Å²) in [5.74, 6) is -0.448. The molecule has 0 amide bonds. The van der Waals surface area contributed by atoms with Crippen LogP contribution in [-0.2, 0) is 19.6 Å². The molecule has 0 spiro atoms. The number of pyridine rings is 1. The summed E-state index contributed by atoms with van der Waals surface area (Å²) < 4.78 is 34.9. The number of nitrogens with zero attached hydrogens (tertiary/aromatic N) is 3. The van der Waals surface area contributed by atoms with Gasteiger partial charge in [-0.15, -0.1) is 0 Å². The Morgan fingerprint density at radius 1 is 1.13 bits per heavy atom. The largest absolute Gasteiger partial charge is 0.469 e. The van der Waals surface area contributed by atoms with Gasteiger partial charge in [0.15, 0.2) is 0 Å². The fraction of sp³-hybridized carbons (Fsp3) is 0.167. The first kappa shape index (κ1) is 25.0. The number of hydrogen-bond acceptors (Lipinski definition) is 6. The molecule has 1 fully saturated rings. The summed E-state index contributed by atoms with van der Waals surface area (Å²) in [6, 6.07) is 19.7. The summed E-state index contributed by atoms with van der Waals surface area (Å²) in [7, 11) is -2.68. The van der Waals surface area contributed by atoms with E-state index in [1.54, 1.807) is 42.6 Å². The van der Waals surface area contributed by atoms with E-state index in [1.807, 2.05) is 42.6 Å². The normalized spacial score (nSPS) is 16.6. The van der Waals surface area contributed by atoms with Crippen LogP contribution in [0.3, 0.4) is 0 Å². The molecular formula is C30H23N3O4S2. The third kappa shape index (κ3) is 4.13. The van der Waals surface area contributed by atoms with Crippen LogP contribution in [0.2, 0.25) is 0 Å². The Bertz CT molecular complexity index is 1900. The quantitative estimate of drug-likeness (QED) is 0.171. The van der Waals surface area contributed by atoms with Gasteiger partial charge >= 0.3 is 5.97 Å². The van der Waals surface area contributed by atoms with E-state index in [9.17, 15) is 13.2 Å². The Balaban J connectivity index is 1.67. The maximum atomic E-state index is 14.3. The highest BCUT2D eigenvalue weighted by Crippen LogP contribution is 2.51. The third-order valence-electron chi connectivity index (χ3n) is 7.14. The second-order valence-corrected chi connectivity index (χ2v) is 12.2. The summed E-state index contributed by atoms with van der Waals surface area (Å²) in [5, 5.41) is 2.28. The lowest BCUT2D eigenvalue weighted by molar-refractivity contribution is -0.142. The van der Waals surface area contributed by atoms with Gasteiger partial charge in [0.1, 0.15) is 0 Å². The van der Waals surface area contributed by atoms with Gasteiger partial charge in [-0.05, 0) is 60.5 Å². The third-order valence-corrected chi connectivity index (χ3v) is 9.67. The standard InChI is InChI=1S/C30H23N3O4S2/c1-18-9-11-21(12-10-18)39(35,36)33-25-8-5-14-32-27(25)26(22-13-15-38-29(22)31-2)28(33)20-7-4-6-19(16-20)23-17-24(23)30(34)37-3/h4-16,23-24H,17H2,1,3H3. The van der Waals surface area contributed by atoms with E-state index < -0.39 is 10.0 Å². The van der Waals surface area contributed by atoms with Crippen molar-refractivity contribution in [2.24, 2.45) is 5.92 Å². The van der Waals surface area contributed by atoms with Crippen LogP contribution in [0.4, 0.5) is 5.00 Å². The molecule has 39 heavy (non-hydrogen) atoms. The molecule has 0 N–H and O–H groups in total. The lowest BCUT2D eigenvalue weighted by Crippen LogP contribution is -2.14. The van der Waals surface area contributed by atoms with Crippen molar-refractivity contribution in [1.82, 2.24) is 8.96 Å². The van der Waals surface area contributed by atoms with E-state index in [-0.39, 0.29) is 22.7 Å². The fourth-order valence-corrected chi connectivity index (χ4v) is 7.36. The summed E-state index contributed by atoms with van der Waals surface area (Å²) in [6.45, 7) is 9.65. The number of carbonyl (C=O) groups is 1. The van der Waals surface area contributed by atoms with E-state index in [4.69, 9.17) is 11.3 Å². The highest BCUT2D eigenvalue weighted by atomic mass is 32.2. The van der Waals surface area contributed by atoms with Gasteiger partial charge in [0.25, 0.3) is 10.0 Å². The van der Waals surface area contributed by atoms with E-state index in [2.05, 4.69) is 9.83 Å². The SMILES string of the molecule is [C-]#[N+]c1sccc1-c1c(-c2cccc(C3CC3C(=O)OC)c2)n(S(=O)(=O)c2ccc(C)cc2)c2cccnc12. The first-order valence-electron chi connectivity index (χ1n) is 12.3. The maximum absolute atomic E-state index is 14.3. The topological polar surface area (TPSA) is 82.6 Å². The summed E-state index contributed by atoms with van der Waals surface area (Å²) >= 11 is 1.30. The van der Waals surface area contributed by atoms with E-state index in [1.165, 1.54) is 22.4 Å². The molecule has 1 aliphatic rings. The molecule has 0 radical (unpaired) electrons. The number of ether oxygens (including phenoxy) is 1. The van der Waals surface area contributed by atoms with Crippen LogP contribution >= 0.6 is 11.3 Å². The van der Waals surface area contributed by atoms with Gasteiger partial charge < -0.3 is 4.74 Å². The molecule has 0 saturated heterocycles. The van der Waals surface area contributed by atoms with Crippen LogP contribution in [-0.4, -0.2) is 30.5 Å². The van der Waals surface area contributed by atoms with Gasteiger partial charge in [-0.25, -0.2) is 17.2 Å². The van der Waals surface area contributed by atoms with Gasteiger partial charge in [-0.1, -0.05) is 42.0 Å². The first-order chi connectivity index (χ1) is 18.8. The van der Waals surface area contributed by atoms with E-state index >= 15 is 0 Å². The van der Waals surface area contributed by atoms with Crippen LogP contribution in [0.1, 0.15) is 23.5 Å². The second kappa shape index (κ2) is 9.49. The number of benzene rings is 2. The van der Waals surface area contributed by atoms with E-state index in [0.29, 0.717) is 44.8 Å². The minimum Gasteiger partial charge on any atom is -0.469 e. The van der Waals surface area contributed by atoms with Gasteiger partial charge in [-0.3, -0.25) is 9.78 Å². The highest BCUT2D eigenvalue weighted by Gasteiger charge is 2.45. The predicted molar refractivity (Wildman–Crippen MR) is 151 cm³/mol. The molecule has 194 valence electrons. The number of carbonyl (C=O) groups excluding carboxylic acids is 1. The summed E-state index contributed by atoms with van der Waals surface area (Å²) in [6.07, 6.45) is 2.31. The molecule has 1 aliphatic carbocycles. The van der Waals surface area contributed by atoms with Crippen molar-refractivity contribution >= 4 is 43.4 Å². The van der Waals surface area contributed by atoms with Crippen molar-refractivity contribution in [2.45, 2.75) is 24.2 Å². The lowest BCUT2D eigenvalue weighted by atomic mass is 9.99. The molecule has 2 atom stereocenters. The lowest BCUT2D eigenvalue weighted by Gasteiger charge is -2.15. The Morgan fingerprint density at radius 2 is 1.92 bits per heavy atom. The summed E-state index contributed by atoms with van der Waals surface area (Å²) in [4.78, 5) is 20.6. The number of aromatic nitrogens is 2. The molecule has 5 aromatic rings. The number of hydrogen-bond donors (Lipinski definition) is 0. The molecule has 3 heterocycles. The zero-order chi connectivity index (χ0) is 27.3. The minimum absolute atomic E-state index is 0.00505. The fourth-order valence-electron chi connectivity index (χ4n) is 5.14. The Hall–Kier alpha value is -4.26. The number of aryl methyl sites for hydroxylation is 1. The molecule has 2 aromatic carbocycles. The van der Waals surface area contributed by atoms with Crippen molar-refractivity contribution in [2.75, 3.05) is 7.11 Å². The Labute approximate surface area is 230 Å². The van der Waals surface area contributed by atoms with Gasteiger partial charge in [0.05, 0.1) is 41.2 Å². The minimum atomic E-state index is -4.07. The smallest absolute Gasteiger partial charge is 0.309 e. The van der Waals surface area contributed by atoms with Crippen molar-refractivity contribution in [3.05, 3.63) is 101 Å². The number of fused-ring (bicyclic) bond motifs is 1. The van der Waals surface area contributed by atoms with Crippen LogP contribution in [0.15, 0.2) is 83.2 Å². The second-order valence-electron chi connectivity index (χ2n) is 9.53. The van der Waals surface area contributed by atoms with E-state index in [0.717, 1.165) is 11.1 Å². The molecular weight excluding hydrogens is 530 g/mol. The summed E-state index contributed by atoms with van der Waals surface area (Å²) in [5.41, 5.74) is 5.12. The van der Waals surface area contributed by atoms with Gasteiger partial charge in [-0.2, -0.15) is 11.3 Å². The van der Waals surface area contributed by atoms with Gasteiger partial charge in [0.2, 0.25) is 5.00 Å². The highest BCUT2D eigenvalue weighted by molar-refractivity contribution is 7.90. The molecule has 0 aliphatic heterocycles. The van der Waals surface area contributed by atoms with Crippen LogP contribution in [0.5, 0.6) is 0 Å². The predicted octanol–water partition coefficient (Wildman–Crippen LogP) is 6.80. The average Bonchev–Trinajstić information content (AvgIpc) is 3.48. The number of methoxy groups -OCH3 is 1. The first-order valence-corrected chi connectivity index (χ1v) is 14.6. The zero-order valence-electron chi connectivity index (χ0n) is 21.2. The van der Waals surface area contributed by atoms with Crippen molar-refractivity contribution < 1.29 is 17.9 Å². The molecule has 9 heteroatoms. The zero-order valence-corrected chi connectivity index (χ0v) is 22.8. The Kier molecular flexibility index (Phi) is 6.09. The number of thiophene rings is 1. The molecule has 1 saturated carbocycles. The Morgan fingerprint density at radius 3 is 2.67 bits per heavy atom. The maximum Gasteiger partial charge on any atom is 0.309 e. The van der Waals surface area contributed by atoms with Crippen molar-refractivity contribution in [3.63, 3.8) is 0 Å². The van der Waals surface area contributed by atoms with Crippen LogP contribution in [0.25, 0.3) is 38.3 Å². The number of rotatable bonds is 6. The van der Waals surface area contributed by atoms with Crippen molar-refractivity contribution in [3.8, 4) is 22.4 Å². The molecule has 3 aromatic heterocycles. The van der Waals surface area contributed by atoms with Crippen LogP contribution in [0, 0.1) is 19.4 Å².